The Balaban J connectivity index is 0.000000406. The van der Waals surface area contributed by atoms with Crippen LogP contribution in [-0.4, -0.2) is 64.4 Å². The van der Waals surface area contributed by atoms with Gasteiger partial charge in [-0.1, -0.05) is 35.9 Å². The smallest absolute Gasteiger partial charge is 0.475 e. The number of nitrogens with zero attached hydrogens (tertiary/aromatic N) is 2. The molecule has 2 aromatic rings. The van der Waals surface area contributed by atoms with Gasteiger partial charge in [-0.25, -0.2) is 4.79 Å². The standard InChI is InChI=1S/C22H26N2O3.C2HF3O2/c1-17-5-7-18(8-6-17)12-21(25)24-15-22(16-24)13-20(9-11-27-22)26-14-19-4-2-3-10-23-19;3-2(4,5)1(6)7/h2-8,10,20H,9,11-16H2,1H3;(H,6,7). The molecule has 0 bridgehead atoms. The van der Waals surface area contributed by atoms with E-state index in [1.165, 1.54) is 5.56 Å². The van der Waals surface area contributed by atoms with Gasteiger partial charge in [0.15, 0.2) is 0 Å². The number of halogens is 3. The van der Waals surface area contributed by atoms with Crippen LogP contribution in [0.3, 0.4) is 0 Å². The number of hydrogen-bond donors (Lipinski definition) is 1. The molecule has 34 heavy (non-hydrogen) atoms. The Kier molecular flexibility index (Phi) is 8.27. The number of carboxylic acids is 1. The predicted molar refractivity (Wildman–Crippen MR) is 116 cm³/mol. The molecule has 1 atom stereocenters. The monoisotopic (exact) mass is 480 g/mol. The van der Waals surface area contributed by atoms with Crippen molar-refractivity contribution in [2.24, 2.45) is 0 Å². The minimum absolute atomic E-state index is 0.162. The number of aromatic nitrogens is 1. The van der Waals surface area contributed by atoms with E-state index in [9.17, 15) is 18.0 Å². The number of aryl methyl sites for hydroxylation is 1. The van der Waals surface area contributed by atoms with Crippen molar-refractivity contribution in [1.29, 1.82) is 0 Å². The van der Waals surface area contributed by atoms with Gasteiger partial charge in [0.25, 0.3) is 0 Å². The minimum atomic E-state index is -5.08. The topological polar surface area (TPSA) is 89.0 Å². The third-order valence-electron chi connectivity index (χ3n) is 5.67. The Bertz CT molecular complexity index is 961. The molecule has 1 N–H and O–H groups in total. The van der Waals surface area contributed by atoms with Crippen molar-refractivity contribution >= 4 is 11.9 Å². The average Bonchev–Trinajstić information content (AvgIpc) is 2.78. The molecule has 2 fully saturated rings. The highest BCUT2D eigenvalue weighted by Crippen LogP contribution is 2.35. The largest absolute Gasteiger partial charge is 0.490 e. The number of rotatable bonds is 5. The van der Waals surface area contributed by atoms with Crippen LogP contribution in [0.5, 0.6) is 0 Å². The molecule has 0 saturated carbocycles. The number of carboxylic acid groups (broad SMARTS) is 1. The van der Waals surface area contributed by atoms with E-state index in [1.54, 1.807) is 6.20 Å². The molecule has 3 heterocycles. The normalized spacial score (nSPS) is 19.1. The van der Waals surface area contributed by atoms with Crippen LogP contribution in [0.2, 0.25) is 0 Å². The highest BCUT2D eigenvalue weighted by Gasteiger charge is 2.49. The third-order valence-corrected chi connectivity index (χ3v) is 5.67. The van der Waals surface area contributed by atoms with E-state index >= 15 is 0 Å². The maximum Gasteiger partial charge on any atom is 0.490 e. The lowest BCUT2D eigenvalue weighted by Gasteiger charge is -2.53. The number of amides is 1. The van der Waals surface area contributed by atoms with Crippen LogP contribution >= 0.6 is 0 Å². The molecule has 1 aromatic carbocycles. The number of aliphatic carboxylic acids is 1. The summed E-state index contributed by atoms with van der Waals surface area (Å²) in [6.45, 7) is 4.60. The maximum absolute atomic E-state index is 12.5. The second kappa shape index (κ2) is 11.0. The van der Waals surface area contributed by atoms with Crippen LogP contribution in [0.1, 0.15) is 29.7 Å². The zero-order valence-corrected chi connectivity index (χ0v) is 18.8. The molecule has 7 nitrogen and oxygen atoms in total. The van der Waals surface area contributed by atoms with Gasteiger partial charge >= 0.3 is 12.1 Å². The minimum Gasteiger partial charge on any atom is -0.475 e. The molecule has 0 aliphatic carbocycles. The molecule has 1 aromatic heterocycles. The molecule has 4 rings (SSSR count). The number of ether oxygens (including phenoxy) is 2. The maximum atomic E-state index is 12.5. The summed E-state index contributed by atoms with van der Waals surface area (Å²) in [6.07, 6.45) is -0.945. The Morgan fingerprint density at radius 1 is 1.21 bits per heavy atom. The first kappa shape index (κ1) is 25.6. The van der Waals surface area contributed by atoms with Crippen LogP contribution in [-0.2, 0) is 32.1 Å². The Morgan fingerprint density at radius 2 is 1.88 bits per heavy atom. The van der Waals surface area contributed by atoms with Crippen molar-refractivity contribution < 1.29 is 37.3 Å². The lowest BCUT2D eigenvalue weighted by Crippen LogP contribution is -2.67. The van der Waals surface area contributed by atoms with Crippen LogP contribution in [0.4, 0.5) is 13.2 Å². The number of carbonyl (C=O) groups excluding carboxylic acids is 1. The van der Waals surface area contributed by atoms with E-state index in [4.69, 9.17) is 19.4 Å². The van der Waals surface area contributed by atoms with E-state index in [0.29, 0.717) is 32.7 Å². The second-order valence-corrected chi connectivity index (χ2v) is 8.49. The first-order valence-corrected chi connectivity index (χ1v) is 10.9. The second-order valence-electron chi connectivity index (χ2n) is 8.49. The average molecular weight is 480 g/mol. The Hall–Kier alpha value is -2.98. The molecule has 2 aliphatic heterocycles. The van der Waals surface area contributed by atoms with Crippen molar-refractivity contribution in [2.75, 3.05) is 19.7 Å². The van der Waals surface area contributed by atoms with Crippen molar-refractivity contribution in [3.05, 3.63) is 65.5 Å². The number of likely N-dealkylation sites (tertiary alicyclic amines) is 1. The molecular formula is C24H27F3N2O5. The van der Waals surface area contributed by atoms with E-state index in [2.05, 4.69) is 11.9 Å². The summed E-state index contributed by atoms with van der Waals surface area (Å²) in [7, 11) is 0. The van der Waals surface area contributed by atoms with Gasteiger partial charge in [-0.05, 0) is 31.0 Å². The van der Waals surface area contributed by atoms with Gasteiger partial charge in [-0.3, -0.25) is 9.78 Å². The van der Waals surface area contributed by atoms with Gasteiger partial charge in [0.05, 0.1) is 37.9 Å². The summed E-state index contributed by atoms with van der Waals surface area (Å²) in [5.74, 6) is -2.59. The molecule has 10 heteroatoms. The molecule has 2 saturated heterocycles. The lowest BCUT2D eigenvalue weighted by atomic mass is 9.84. The van der Waals surface area contributed by atoms with E-state index in [1.807, 2.05) is 47.4 Å². The fourth-order valence-corrected chi connectivity index (χ4v) is 3.85. The van der Waals surface area contributed by atoms with Gasteiger partial charge in [0.1, 0.15) is 5.60 Å². The van der Waals surface area contributed by atoms with E-state index < -0.39 is 12.1 Å². The first-order chi connectivity index (χ1) is 16.1. The highest BCUT2D eigenvalue weighted by molar-refractivity contribution is 5.80. The van der Waals surface area contributed by atoms with Crippen molar-refractivity contribution in [3.63, 3.8) is 0 Å². The molecule has 184 valence electrons. The number of benzene rings is 1. The zero-order chi connectivity index (χ0) is 24.8. The van der Waals surface area contributed by atoms with Crippen LogP contribution < -0.4 is 0 Å². The summed E-state index contributed by atoms with van der Waals surface area (Å²) in [6, 6.07) is 14.0. The molecule has 1 unspecified atom stereocenters. The lowest BCUT2D eigenvalue weighted by molar-refractivity contribution is -0.202. The first-order valence-electron chi connectivity index (χ1n) is 10.9. The summed E-state index contributed by atoms with van der Waals surface area (Å²) in [4.78, 5) is 27.6. The number of pyridine rings is 1. The van der Waals surface area contributed by atoms with Crippen LogP contribution in [0.15, 0.2) is 48.7 Å². The van der Waals surface area contributed by atoms with E-state index in [0.717, 1.165) is 24.1 Å². The number of alkyl halides is 3. The molecular weight excluding hydrogens is 453 g/mol. The fraction of sp³-hybridized carbons (Fsp3) is 0.458. The number of hydrogen-bond acceptors (Lipinski definition) is 5. The van der Waals surface area contributed by atoms with Crippen molar-refractivity contribution in [2.45, 2.75) is 50.7 Å². The van der Waals surface area contributed by atoms with Crippen LogP contribution in [0, 0.1) is 6.92 Å². The Morgan fingerprint density at radius 3 is 2.47 bits per heavy atom. The van der Waals surface area contributed by atoms with Gasteiger partial charge in [0, 0.05) is 19.2 Å². The van der Waals surface area contributed by atoms with Crippen molar-refractivity contribution in [3.8, 4) is 0 Å². The summed E-state index contributed by atoms with van der Waals surface area (Å²) < 4.78 is 43.8. The fourth-order valence-electron chi connectivity index (χ4n) is 3.85. The molecule has 2 aliphatic rings. The van der Waals surface area contributed by atoms with Gasteiger partial charge in [-0.2, -0.15) is 13.2 Å². The summed E-state index contributed by atoms with van der Waals surface area (Å²) in [5, 5.41) is 7.12. The molecule has 0 radical (unpaired) electrons. The van der Waals surface area contributed by atoms with E-state index in [-0.39, 0.29) is 17.6 Å². The molecule has 1 spiro atoms. The summed E-state index contributed by atoms with van der Waals surface area (Å²) in [5.41, 5.74) is 2.99. The molecule has 1 amide bonds. The SMILES string of the molecule is Cc1ccc(CC(=O)N2CC3(CC(OCc4ccccn4)CCO3)C2)cc1.O=C(O)C(F)(F)F. The summed E-state index contributed by atoms with van der Waals surface area (Å²) >= 11 is 0. The highest BCUT2D eigenvalue weighted by atomic mass is 19.4. The van der Waals surface area contributed by atoms with Gasteiger partial charge < -0.3 is 19.5 Å². The zero-order valence-electron chi connectivity index (χ0n) is 18.8. The van der Waals surface area contributed by atoms with Crippen molar-refractivity contribution in [1.82, 2.24) is 9.88 Å². The van der Waals surface area contributed by atoms with Gasteiger partial charge in [-0.15, -0.1) is 0 Å². The quantitative estimate of drug-likeness (QED) is 0.704. The predicted octanol–water partition coefficient (Wildman–Crippen LogP) is 3.54. The van der Waals surface area contributed by atoms with Crippen LogP contribution in [0.25, 0.3) is 0 Å². The Labute approximate surface area is 195 Å². The third kappa shape index (κ3) is 7.26. The number of carbonyl (C=O) groups is 2. The van der Waals surface area contributed by atoms with Gasteiger partial charge in [0.2, 0.25) is 5.91 Å².